The summed E-state index contributed by atoms with van der Waals surface area (Å²) in [5.41, 5.74) is -1.63. The van der Waals surface area contributed by atoms with Gasteiger partial charge in [-0.05, 0) is 50.5 Å². The summed E-state index contributed by atoms with van der Waals surface area (Å²) in [6, 6.07) is 5.77. The first-order valence-electron chi connectivity index (χ1n) is 10.7. The van der Waals surface area contributed by atoms with Crippen LogP contribution in [0.1, 0.15) is 26.2 Å². The Morgan fingerprint density at radius 2 is 2.03 bits per heavy atom. The Bertz CT molecular complexity index is 952. The van der Waals surface area contributed by atoms with Gasteiger partial charge < -0.3 is 24.7 Å². The Labute approximate surface area is 191 Å². The van der Waals surface area contributed by atoms with Crippen molar-refractivity contribution in [3.63, 3.8) is 0 Å². The molecule has 0 saturated carbocycles. The number of carboxylic acid groups (broad SMARTS) is 1. The molecule has 0 aromatic heterocycles. The molecule has 0 radical (unpaired) electrons. The van der Waals surface area contributed by atoms with Gasteiger partial charge >= 0.3 is 5.97 Å². The van der Waals surface area contributed by atoms with Gasteiger partial charge in [-0.1, -0.05) is 17.7 Å². The number of aliphatic carboxylic acids is 1. The van der Waals surface area contributed by atoms with Gasteiger partial charge in [-0.15, -0.1) is 6.58 Å². The number of likely N-dealkylation sites (tertiary alicyclic amines) is 1. The molecule has 4 rings (SSSR count). The summed E-state index contributed by atoms with van der Waals surface area (Å²) in [4.78, 5) is 42.6. The summed E-state index contributed by atoms with van der Waals surface area (Å²) in [5, 5.41) is 19.8. The summed E-state index contributed by atoms with van der Waals surface area (Å²) < 4.78 is 6.34. The Kier molecular flexibility index (Phi) is 5.81. The molecule has 2 N–H and O–H groups in total. The molecule has 3 aliphatic rings. The number of nitrogens with zero attached hydrogens (tertiary/aromatic N) is 2. The van der Waals surface area contributed by atoms with E-state index in [2.05, 4.69) is 6.58 Å². The minimum absolute atomic E-state index is 0.138. The minimum Gasteiger partial charge on any atom is -0.481 e. The number of hydrogen-bond donors (Lipinski definition) is 2. The fourth-order valence-corrected chi connectivity index (χ4v) is 5.91. The van der Waals surface area contributed by atoms with Crippen LogP contribution in [0.15, 0.2) is 36.9 Å². The third-order valence-electron chi connectivity index (χ3n) is 7.05. The van der Waals surface area contributed by atoms with Gasteiger partial charge in [0.2, 0.25) is 5.91 Å². The molecule has 1 aromatic rings. The van der Waals surface area contributed by atoms with Crippen LogP contribution in [0, 0.1) is 11.8 Å². The van der Waals surface area contributed by atoms with Crippen LogP contribution in [0.5, 0.6) is 0 Å². The predicted molar refractivity (Wildman–Crippen MR) is 117 cm³/mol. The van der Waals surface area contributed by atoms with Gasteiger partial charge in [-0.2, -0.15) is 0 Å². The van der Waals surface area contributed by atoms with Crippen LogP contribution in [-0.2, 0) is 19.1 Å². The van der Waals surface area contributed by atoms with Crippen molar-refractivity contribution in [3.05, 3.63) is 41.9 Å². The van der Waals surface area contributed by atoms with Crippen molar-refractivity contribution in [2.45, 2.75) is 43.4 Å². The monoisotopic (exact) mass is 462 g/mol. The average Bonchev–Trinajstić information content (AvgIpc) is 3.31. The molecule has 3 fully saturated rings. The lowest BCUT2D eigenvalue weighted by Gasteiger charge is -2.36. The number of aliphatic hydroxyl groups excluding tert-OH is 1. The van der Waals surface area contributed by atoms with E-state index in [0.29, 0.717) is 23.6 Å². The molecule has 1 aromatic carbocycles. The molecule has 2 amide bonds. The zero-order valence-corrected chi connectivity index (χ0v) is 18.6. The zero-order chi connectivity index (χ0) is 23.3. The van der Waals surface area contributed by atoms with E-state index in [0.717, 1.165) is 0 Å². The normalized spacial score (nSPS) is 32.8. The summed E-state index contributed by atoms with van der Waals surface area (Å²) in [7, 11) is 0. The molecule has 0 aliphatic carbocycles. The summed E-state index contributed by atoms with van der Waals surface area (Å²) >= 11 is 6.01. The first kappa shape index (κ1) is 22.8. The highest BCUT2D eigenvalue weighted by Crippen LogP contribution is 2.63. The number of rotatable bonds is 8. The van der Waals surface area contributed by atoms with E-state index in [9.17, 15) is 24.6 Å². The third kappa shape index (κ3) is 3.24. The first-order chi connectivity index (χ1) is 15.2. The van der Waals surface area contributed by atoms with Crippen molar-refractivity contribution in [1.29, 1.82) is 0 Å². The average molecular weight is 463 g/mol. The van der Waals surface area contributed by atoms with Crippen LogP contribution < -0.4 is 4.90 Å². The van der Waals surface area contributed by atoms with Gasteiger partial charge in [-0.25, -0.2) is 0 Å². The second-order valence-electron chi connectivity index (χ2n) is 8.89. The maximum absolute atomic E-state index is 14.0. The van der Waals surface area contributed by atoms with Crippen LogP contribution in [-0.4, -0.2) is 69.8 Å². The molecule has 2 bridgehead atoms. The number of fused-ring (bicyclic) bond motifs is 1. The van der Waals surface area contributed by atoms with E-state index in [-0.39, 0.29) is 32.0 Å². The lowest BCUT2D eigenvalue weighted by atomic mass is 9.66. The topological polar surface area (TPSA) is 107 Å². The van der Waals surface area contributed by atoms with Gasteiger partial charge in [0.25, 0.3) is 5.91 Å². The molecule has 2 unspecified atom stereocenters. The van der Waals surface area contributed by atoms with Crippen molar-refractivity contribution in [1.82, 2.24) is 4.90 Å². The molecule has 3 aliphatic heterocycles. The largest absolute Gasteiger partial charge is 0.481 e. The number of anilines is 1. The fraction of sp³-hybridized carbons (Fsp3) is 0.522. The van der Waals surface area contributed by atoms with Crippen LogP contribution >= 0.6 is 11.6 Å². The summed E-state index contributed by atoms with van der Waals surface area (Å²) in [6.45, 7) is 5.64. The smallest absolute Gasteiger partial charge is 0.310 e. The predicted octanol–water partition coefficient (Wildman–Crippen LogP) is 2.09. The number of amides is 2. The second-order valence-corrected chi connectivity index (χ2v) is 9.32. The van der Waals surface area contributed by atoms with E-state index in [1.165, 1.54) is 9.80 Å². The Morgan fingerprint density at radius 3 is 2.62 bits per heavy atom. The van der Waals surface area contributed by atoms with Crippen molar-refractivity contribution in [2.75, 3.05) is 24.6 Å². The quantitative estimate of drug-likeness (QED) is 0.573. The highest BCUT2D eigenvalue weighted by Gasteiger charge is 2.78. The number of halogens is 1. The third-order valence-corrected chi connectivity index (χ3v) is 7.30. The number of carbonyl (C=O) groups is 3. The molecule has 172 valence electrons. The first-order valence-corrected chi connectivity index (χ1v) is 11.1. The van der Waals surface area contributed by atoms with Crippen molar-refractivity contribution < 1.29 is 29.3 Å². The molecule has 3 saturated heterocycles. The zero-order valence-electron chi connectivity index (χ0n) is 17.9. The number of carbonyl (C=O) groups excluding carboxylic acids is 2. The van der Waals surface area contributed by atoms with Crippen LogP contribution in [0.2, 0.25) is 5.02 Å². The Morgan fingerprint density at radius 1 is 1.34 bits per heavy atom. The lowest BCUT2D eigenvalue weighted by Crippen LogP contribution is -2.56. The number of aliphatic hydroxyl groups is 1. The molecular weight excluding hydrogens is 436 g/mol. The van der Waals surface area contributed by atoms with Crippen LogP contribution in [0.4, 0.5) is 5.69 Å². The van der Waals surface area contributed by atoms with Gasteiger partial charge in [-0.3, -0.25) is 14.4 Å². The highest BCUT2D eigenvalue weighted by molar-refractivity contribution is 6.30. The van der Waals surface area contributed by atoms with Gasteiger partial charge in [0.05, 0.1) is 17.4 Å². The minimum atomic E-state index is -1.22. The standard InChI is InChI=1S/C23H27ClN2O6/c1-3-11-25(15-7-5-14(24)6-8-15)20(29)18-23-10-9-22(2,32-23)17(21(30)31)16(23)19(28)26(18)12-4-13-27/h3,5-8,16-18,27H,1,4,9-13H2,2H3,(H,30,31)/t16-,17-,18?,22+,23?/m0/s1. The van der Waals surface area contributed by atoms with Crippen molar-refractivity contribution in [2.24, 2.45) is 11.8 Å². The van der Waals surface area contributed by atoms with E-state index in [1.54, 1.807) is 37.3 Å². The molecule has 9 heteroatoms. The maximum atomic E-state index is 14.0. The number of benzene rings is 1. The van der Waals surface area contributed by atoms with E-state index >= 15 is 0 Å². The van der Waals surface area contributed by atoms with Crippen molar-refractivity contribution in [3.8, 4) is 0 Å². The van der Waals surface area contributed by atoms with Crippen LogP contribution in [0.25, 0.3) is 0 Å². The Hall–Kier alpha value is -2.42. The molecular formula is C23H27ClN2O6. The second kappa shape index (κ2) is 8.17. The molecule has 32 heavy (non-hydrogen) atoms. The SMILES string of the molecule is C=CCN(C(=O)C1N(CCCO)C(=O)[C@@H]2[C@@H](C(=O)O)[C@@]3(C)CCC12O3)c1ccc(Cl)cc1. The molecule has 5 atom stereocenters. The van der Waals surface area contributed by atoms with Crippen molar-refractivity contribution >= 4 is 35.1 Å². The maximum Gasteiger partial charge on any atom is 0.310 e. The number of ether oxygens (including phenoxy) is 1. The number of hydrogen-bond acceptors (Lipinski definition) is 5. The molecule has 1 spiro atoms. The van der Waals surface area contributed by atoms with Gasteiger partial charge in [0, 0.05) is 30.4 Å². The lowest BCUT2D eigenvalue weighted by molar-refractivity contribution is -0.154. The Balaban J connectivity index is 1.79. The molecule has 8 nitrogen and oxygen atoms in total. The fourth-order valence-electron chi connectivity index (χ4n) is 5.78. The van der Waals surface area contributed by atoms with E-state index in [1.807, 2.05) is 0 Å². The molecule has 3 heterocycles. The van der Waals surface area contributed by atoms with Crippen LogP contribution in [0.3, 0.4) is 0 Å². The van der Waals surface area contributed by atoms with E-state index < -0.39 is 41.0 Å². The summed E-state index contributed by atoms with van der Waals surface area (Å²) in [5.74, 6) is -3.83. The summed E-state index contributed by atoms with van der Waals surface area (Å²) in [6.07, 6.45) is 2.73. The highest BCUT2D eigenvalue weighted by atomic mass is 35.5. The number of carboxylic acids is 1. The van der Waals surface area contributed by atoms with Gasteiger partial charge in [0.1, 0.15) is 11.6 Å². The van der Waals surface area contributed by atoms with Gasteiger partial charge in [0.15, 0.2) is 0 Å². The van der Waals surface area contributed by atoms with E-state index in [4.69, 9.17) is 16.3 Å².